The van der Waals surface area contributed by atoms with Gasteiger partial charge in [-0.3, -0.25) is 0 Å². The first-order valence-corrected chi connectivity index (χ1v) is 13.8. The minimum Gasteiger partial charge on any atom is -0.192 e. The second-order valence-electron chi connectivity index (χ2n) is 13.1. The Hall–Kier alpha value is -1.28. The molecule has 0 aliphatic heterocycles. The molecule has 4 aliphatic carbocycles. The van der Waals surface area contributed by atoms with Gasteiger partial charge in [0.2, 0.25) is 0 Å². The molecule has 4 rings (SSSR count). The van der Waals surface area contributed by atoms with Crippen LogP contribution in [0, 0.1) is 74.9 Å². The normalized spacial score (nSPS) is 41.8. The maximum Gasteiger partial charge on any atom is 0.128 e. The number of allylic oxidation sites excluding steroid dienone is 2. The summed E-state index contributed by atoms with van der Waals surface area (Å²) in [6, 6.07) is 4.35. The first-order valence-electron chi connectivity index (χ1n) is 13.8. The summed E-state index contributed by atoms with van der Waals surface area (Å²) in [5.74, 6) is 6.04. The van der Waals surface area contributed by atoms with E-state index in [9.17, 15) is 10.5 Å². The molecule has 0 radical (unpaired) electrons. The zero-order valence-electron chi connectivity index (χ0n) is 21.4. The molecule has 0 bridgehead atoms. The lowest BCUT2D eigenvalue weighted by molar-refractivity contribution is -0.109. The lowest BCUT2D eigenvalue weighted by Gasteiger charge is -2.61. The third-order valence-electron chi connectivity index (χ3n) is 11.3. The molecule has 0 spiro atoms. The van der Waals surface area contributed by atoms with Crippen molar-refractivity contribution in [2.45, 2.75) is 112 Å². The van der Waals surface area contributed by atoms with Gasteiger partial charge in [0.1, 0.15) is 17.7 Å². The first kappa shape index (κ1) is 23.9. The summed E-state index contributed by atoms with van der Waals surface area (Å²) in [6.45, 7) is 12.6. The van der Waals surface area contributed by atoms with Gasteiger partial charge in [0.05, 0.1) is 0 Å². The molecule has 0 aromatic rings. The van der Waals surface area contributed by atoms with Crippen LogP contribution in [0.1, 0.15) is 112 Å². The van der Waals surface area contributed by atoms with Crippen molar-refractivity contribution in [3.05, 3.63) is 11.1 Å². The molecule has 0 N–H and O–H groups in total. The number of fused-ring (bicyclic) bond motifs is 5. The highest BCUT2D eigenvalue weighted by Gasteiger charge is 2.60. The van der Waals surface area contributed by atoms with Gasteiger partial charge in [-0.2, -0.15) is 10.5 Å². The fraction of sp³-hybridized carbons (Fsp3) is 0.867. The van der Waals surface area contributed by atoms with Crippen LogP contribution < -0.4 is 0 Å². The van der Waals surface area contributed by atoms with Crippen molar-refractivity contribution in [2.24, 2.45) is 52.3 Å². The Morgan fingerprint density at radius 3 is 2.31 bits per heavy atom. The van der Waals surface area contributed by atoms with Crippen molar-refractivity contribution in [1.82, 2.24) is 0 Å². The van der Waals surface area contributed by atoms with E-state index >= 15 is 0 Å². The maximum atomic E-state index is 9.38. The number of hydrogen-bond donors (Lipinski definition) is 0. The van der Waals surface area contributed by atoms with Crippen LogP contribution in [0.4, 0.5) is 0 Å². The summed E-state index contributed by atoms with van der Waals surface area (Å²) in [4.78, 5) is 0. The van der Waals surface area contributed by atoms with Gasteiger partial charge in [0.15, 0.2) is 0 Å². The van der Waals surface area contributed by atoms with Crippen LogP contribution in [0.25, 0.3) is 0 Å². The Kier molecular flexibility index (Phi) is 6.83. The van der Waals surface area contributed by atoms with E-state index in [1.807, 2.05) is 0 Å². The van der Waals surface area contributed by atoms with Crippen LogP contribution in [0.3, 0.4) is 0 Å². The third-order valence-corrected chi connectivity index (χ3v) is 11.3. The molecule has 0 amide bonds. The van der Waals surface area contributed by atoms with E-state index in [1.165, 1.54) is 64.2 Å². The van der Waals surface area contributed by atoms with Crippen molar-refractivity contribution in [2.75, 3.05) is 0 Å². The second-order valence-corrected chi connectivity index (χ2v) is 13.1. The van der Waals surface area contributed by atoms with Gasteiger partial charge in [-0.05, 0) is 116 Å². The largest absolute Gasteiger partial charge is 0.192 e. The lowest BCUT2D eigenvalue weighted by atomic mass is 9.44. The summed E-state index contributed by atoms with van der Waals surface area (Å²) in [6.07, 6.45) is 15.9. The topological polar surface area (TPSA) is 47.6 Å². The van der Waals surface area contributed by atoms with Crippen LogP contribution in [-0.4, -0.2) is 0 Å². The molecule has 0 unspecified atom stereocenters. The van der Waals surface area contributed by atoms with E-state index in [0.29, 0.717) is 22.3 Å². The molecular weight excluding hydrogens is 388 g/mol. The van der Waals surface area contributed by atoms with Gasteiger partial charge < -0.3 is 0 Å². The van der Waals surface area contributed by atoms with Gasteiger partial charge in [0.25, 0.3) is 0 Å². The van der Waals surface area contributed by atoms with Crippen LogP contribution in [0.2, 0.25) is 0 Å². The summed E-state index contributed by atoms with van der Waals surface area (Å²) >= 11 is 0. The van der Waals surface area contributed by atoms with Crippen molar-refractivity contribution in [1.29, 1.82) is 10.5 Å². The molecular formula is C30H46N2. The molecule has 2 heteroatoms. The standard InChI is InChI=1S/C30H46N2/c1-20(2)7-6-8-21(3)26-11-12-27-25-10-9-24-17-22(23(18-31)19-32)13-15-29(24,4)28(25)14-16-30(26,27)5/h20-21,24-28H,6-17H2,1-5H3/t21-,24-,25+,26+,27-,28+,29-,30+/m0/s1. The van der Waals surface area contributed by atoms with Gasteiger partial charge in [-0.1, -0.05) is 53.9 Å². The molecule has 176 valence electrons. The van der Waals surface area contributed by atoms with E-state index in [2.05, 4.69) is 46.8 Å². The van der Waals surface area contributed by atoms with Crippen molar-refractivity contribution >= 4 is 0 Å². The number of nitriles is 2. The van der Waals surface area contributed by atoms with Crippen LogP contribution >= 0.6 is 0 Å². The minimum absolute atomic E-state index is 0.412. The molecule has 4 aliphatic rings. The van der Waals surface area contributed by atoms with E-state index in [1.54, 1.807) is 0 Å². The highest BCUT2D eigenvalue weighted by Crippen LogP contribution is 2.68. The number of hydrogen-bond acceptors (Lipinski definition) is 2. The molecule has 0 aromatic carbocycles. The summed E-state index contributed by atoms with van der Waals surface area (Å²) in [7, 11) is 0. The van der Waals surface area contributed by atoms with Gasteiger partial charge in [-0.25, -0.2) is 0 Å². The van der Waals surface area contributed by atoms with Crippen LogP contribution in [0.15, 0.2) is 11.1 Å². The van der Waals surface area contributed by atoms with Crippen LogP contribution in [0.5, 0.6) is 0 Å². The number of rotatable bonds is 5. The van der Waals surface area contributed by atoms with E-state index < -0.39 is 0 Å². The predicted molar refractivity (Wildman–Crippen MR) is 131 cm³/mol. The highest BCUT2D eigenvalue weighted by molar-refractivity contribution is 5.41. The maximum absolute atomic E-state index is 9.38. The Morgan fingerprint density at radius 2 is 1.62 bits per heavy atom. The van der Waals surface area contributed by atoms with Crippen molar-refractivity contribution < 1.29 is 0 Å². The average Bonchev–Trinajstić information content (AvgIpc) is 3.11. The Morgan fingerprint density at radius 1 is 0.906 bits per heavy atom. The fourth-order valence-electron chi connectivity index (χ4n) is 9.51. The molecule has 0 aromatic heterocycles. The van der Waals surface area contributed by atoms with Gasteiger partial charge in [0, 0.05) is 0 Å². The summed E-state index contributed by atoms with van der Waals surface area (Å²) < 4.78 is 0. The Bertz CT molecular complexity index is 794. The molecule has 0 saturated heterocycles. The van der Waals surface area contributed by atoms with Crippen molar-refractivity contribution in [3.8, 4) is 12.1 Å². The highest BCUT2D eigenvalue weighted by atomic mass is 14.6. The summed E-state index contributed by atoms with van der Waals surface area (Å²) in [5, 5.41) is 18.8. The van der Waals surface area contributed by atoms with Gasteiger partial charge in [-0.15, -0.1) is 0 Å². The lowest BCUT2D eigenvalue weighted by Crippen LogP contribution is -2.53. The summed E-state index contributed by atoms with van der Waals surface area (Å²) in [5.41, 5.74) is 2.56. The quantitative estimate of drug-likeness (QED) is 0.407. The predicted octanol–water partition coefficient (Wildman–Crippen LogP) is 8.45. The monoisotopic (exact) mass is 434 g/mol. The second kappa shape index (κ2) is 9.16. The van der Waals surface area contributed by atoms with Gasteiger partial charge >= 0.3 is 0 Å². The Balaban J connectivity index is 1.48. The first-order chi connectivity index (χ1) is 15.2. The molecule has 8 atom stereocenters. The average molecular weight is 435 g/mol. The van der Waals surface area contributed by atoms with E-state index in [0.717, 1.165) is 53.9 Å². The SMILES string of the molecule is CC(C)CCC[C@H](C)[C@H]1CC[C@H]2[C@H]3CC[C@H]4CC(=C(C#N)C#N)CC[C@]4(C)[C@@H]3CC[C@]12C. The third kappa shape index (κ3) is 3.95. The smallest absolute Gasteiger partial charge is 0.128 e. The van der Waals surface area contributed by atoms with E-state index in [4.69, 9.17) is 0 Å². The zero-order chi connectivity index (χ0) is 23.1. The molecule has 2 nitrogen and oxygen atoms in total. The zero-order valence-corrected chi connectivity index (χ0v) is 21.4. The van der Waals surface area contributed by atoms with Crippen molar-refractivity contribution in [3.63, 3.8) is 0 Å². The van der Waals surface area contributed by atoms with Crippen LogP contribution in [-0.2, 0) is 0 Å². The minimum atomic E-state index is 0.412. The fourth-order valence-corrected chi connectivity index (χ4v) is 9.51. The molecule has 4 saturated carbocycles. The number of nitrogens with zero attached hydrogens (tertiary/aromatic N) is 2. The molecule has 32 heavy (non-hydrogen) atoms. The van der Waals surface area contributed by atoms with E-state index in [-0.39, 0.29) is 0 Å². The molecule has 0 heterocycles. The molecule has 4 fully saturated rings. The Labute approximate surface area is 197 Å².